The van der Waals surface area contributed by atoms with Gasteiger partial charge >= 0.3 is 0 Å². The Morgan fingerprint density at radius 2 is 2.36 bits per heavy atom. The SMILES string of the molecule is NCCSCc1cnccn1. The summed E-state index contributed by atoms with van der Waals surface area (Å²) in [6, 6.07) is 0. The van der Waals surface area contributed by atoms with Gasteiger partial charge in [-0.2, -0.15) is 11.8 Å². The van der Waals surface area contributed by atoms with Crippen LogP contribution in [0, 0.1) is 0 Å². The molecule has 3 nitrogen and oxygen atoms in total. The zero-order valence-electron chi connectivity index (χ0n) is 6.23. The van der Waals surface area contributed by atoms with Crippen LogP contribution in [0.2, 0.25) is 0 Å². The third-order valence-electron chi connectivity index (χ3n) is 1.13. The van der Waals surface area contributed by atoms with Crippen LogP contribution in [0.1, 0.15) is 5.69 Å². The molecule has 1 aromatic rings. The summed E-state index contributed by atoms with van der Waals surface area (Å²) in [5.41, 5.74) is 6.36. The van der Waals surface area contributed by atoms with Crippen LogP contribution in [-0.4, -0.2) is 22.3 Å². The van der Waals surface area contributed by atoms with Crippen molar-refractivity contribution in [2.24, 2.45) is 5.73 Å². The first kappa shape index (κ1) is 8.49. The van der Waals surface area contributed by atoms with Crippen LogP contribution in [0.4, 0.5) is 0 Å². The molecule has 0 aliphatic heterocycles. The van der Waals surface area contributed by atoms with Crippen LogP contribution >= 0.6 is 11.8 Å². The molecule has 1 rings (SSSR count). The Labute approximate surface area is 70.4 Å². The molecule has 0 saturated carbocycles. The lowest BCUT2D eigenvalue weighted by Crippen LogP contribution is -2.01. The molecular weight excluding hydrogens is 158 g/mol. The summed E-state index contributed by atoms with van der Waals surface area (Å²) in [7, 11) is 0. The van der Waals surface area contributed by atoms with Gasteiger partial charge in [-0.15, -0.1) is 0 Å². The summed E-state index contributed by atoms with van der Waals surface area (Å²) in [6.45, 7) is 0.727. The number of thioether (sulfide) groups is 1. The molecule has 0 atom stereocenters. The Kier molecular flexibility index (Phi) is 3.93. The van der Waals surface area contributed by atoms with E-state index < -0.39 is 0 Å². The molecule has 0 fully saturated rings. The predicted molar refractivity (Wildman–Crippen MR) is 47.2 cm³/mol. The van der Waals surface area contributed by atoms with Crippen molar-refractivity contribution in [1.82, 2.24) is 9.97 Å². The normalized spacial score (nSPS) is 9.91. The van der Waals surface area contributed by atoms with E-state index in [0.29, 0.717) is 0 Å². The van der Waals surface area contributed by atoms with Gasteiger partial charge in [-0.25, -0.2) is 0 Å². The minimum atomic E-state index is 0.727. The van der Waals surface area contributed by atoms with Crippen LogP contribution < -0.4 is 5.73 Å². The van der Waals surface area contributed by atoms with Crippen molar-refractivity contribution in [1.29, 1.82) is 0 Å². The van der Waals surface area contributed by atoms with Gasteiger partial charge in [0, 0.05) is 36.6 Å². The van der Waals surface area contributed by atoms with Crippen molar-refractivity contribution in [3.63, 3.8) is 0 Å². The minimum Gasteiger partial charge on any atom is -0.330 e. The zero-order chi connectivity index (χ0) is 7.94. The quantitative estimate of drug-likeness (QED) is 0.673. The first-order chi connectivity index (χ1) is 5.43. The van der Waals surface area contributed by atoms with E-state index in [2.05, 4.69) is 9.97 Å². The van der Waals surface area contributed by atoms with E-state index in [1.54, 1.807) is 30.4 Å². The molecule has 1 heterocycles. The average molecular weight is 169 g/mol. The molecule has 11 heavy (non-hydrogen) atoms. The topological polar surface area (TPSA) is 51.8 Å². The fourth-order valence-corrected chi connectivity index (χ4v) is 1.33. The molecule has 0 amide bonds. The van der Waals surface area contributed by atoms with Crippen LogP contribution in [0.3, 0.4) is 0 Å². The van der Waals surface area contributed by atoms with Gasteiger partial charge in [-0.05, 0) is 0 Å². The summed E-state index contributed by atoms with van der Waals surface area (Å²) in [6.07, 6.45) is 5.17. The average Bonchev–Trinajstić information content (AvgIpc) is 2.07. The highest BCUT2D eigenvalue weighted by atomic mass is 32.2. The van der Waals surface area contributed by atoms with Crippen molar-refractivity contribution in [3.05, 3.63) is 24.3 Å². The molecule has 0 aliphatic carbocycles. The van der Waals surface area contributed by atoms with Gasteiger partial charge in [0.05, 0.1) is 5.69 Å². The van der Waals surface area contributed by atoms with Crippen molar-refractivity contribution in [2.45, 2.75) is 5.75 Å². The van der Waals surface area contributed by atoms with Crippen LogP contribution in [0.25, 0.3) is 0 Å². The molecule has 60 valence electrons. The number of rotatable bonds is 4. The Balaban J connectivity index is 2.28. The number of nitrogens with zero attached hydrogens (tertiary/aromatic N) is 2. The van der Waals surface area contributed by atoms with Crippen LogP contribution in [0.15, 0.2) is 18.6 Å². The first-order valence-corrected chi connectivity index (χ1v) is 4.61. The zero-order valence-corrected chi connectivity index (χ0v) is 7.05. The Hall–Kier alpha value is -0.610. The van der Waals surface area contributed by atoms with Crippen molar-refractivity contribution in [2.75, 3.05) is 12.3 Å². The maximum absolute atomic E-state index is 5.34. The Bertz CT molecular complexity index is 190. The van der Waals surface area contributed by atoms with E-state index in [9.17, 15) is 0 Å². The second-order valence-corrected chi connectivity index (χ2v) is 3.14. The van der Waals surface area contributed by atoms with Gasteiger partial charge in [-0.1, -0.05) is 0 Å². The summed E-state index contributed by atoms with van der Waals surface area (Å²) < 4.78 is 0. The van der Waals surface area contributed by atoms with Gasteiger partial charge < -0.3 is 5.73 Å². The summed E-state index contributed by atoms with van der Waals surface area (Å²) in [5, 5.41) is 0. The summed E-state index contributed by atoms with van der Waals surface area (Å²) in [5.74, 6) is 1.89. The lowest BCUT2D eigenvalue weighted by atomic mass is 10.5. The fraction of sp³-hybridized carbons (Fsp3) is 0.429. The second-order valence-electron chi connectivity index (χ2n) is 2.04. The monoisotopic (exact) mass is 169 g/mol. The van der Waals surface area contributed by atoms with Gasteiger partial charge in [0.25, 0.3) is 0 Å². The highest BCUT2D eigenvalue weighted by molar-refractivity contribution is 7.98. The third-order valence-corrected chi connectivity index (χ3v) is 2.15. The van der Waals surface area contributed by atoms with Gasteiger partial charge in [0.1, 0.15) is 0 Å². The van der Waals surface area contributed by atoms with E-state index in [1.807, 2.05) is 0 Å². The number of hydrogen-bond acceptors (Lipinski definition) is 4. The fourth-order valence-electron chi connectivity index (χ4n) is 0.665. The highest BCUT2D eigenvalue weighted by Gasteiger charge is 1.91. The van der Waals surface area contributed by atoms with Crippen molar-refractivity contribution in [3.8, 4) is 0 Å². The highest BCUT2D eigenvalue weighted by Crippen LogP contribution is 2.06. The van der Waals surface area contributed by atoms with E-state index in [-0.39, 0.29) is 0 Å². The molecular formula is C7H11N3S. The number of nitrogens with two attached hydrogens (primary N) is 1. The molecule has 4 heteroatoms. The molecule has 0 radical (unpaired) electrons. The van der Waals surface area contributed by atoms with Gasteiger partial charge in [0.15, 0.2) is 0 Å². The smallest absolute Gasteiger partial charge is 0.0685 e. The predicted octanol–water partition coefficient (Wildman–Crippen LogP) is 0.668. The standard InChI is InChI=1S/C7H11N3S/c8-1-4-11-6-7-5-9-2-3-10-7/h2-3,5H,1,4,6,8H2. The van der Waals surface area contributed by atoms with Crippen LogP contribution in [0.5, 0.6) is 0 Å². The lowest BCUT2D eigenvalue weighted by molar-refractivity contribution is 1.09. The van der Waals surface area contributed by atoms with Crippen molar-refractivity contribution < 1.29 is 0 Å². The molecule has 0 bridgehead atoms. The Morgan fingerprint density at radius 3 is 3.00 bits per heavy atom. The molecule has 0 aliphatic rings. The van der Waals surface area contributed by atoms with Gasteiger partial charge in [0.2, 0.25) is 0 Å². The largest absolute Gasteiger partial charge is 0.330 e. The summed E-state index contributed by atoms with van der Waals surface area (Å²) >= 11 is 1.78. The third kappa shape index (κ3) is 3.34. The minimum absolute atomic E-state index is 0.727. The molecule has 0 spiro atoms. The van der Waals surface area contributed by atoms with Crippen LogP contribution in [-0.2, 0) is 5.75 Å². The van der Waals surface area contributed by atoms with Crippen molar-refractivity contribution >= 4 is 11.8 Å². The Morgan fingerprint density at radius 1 is 1.45 bits per heavy atom. The molecule has 0 saturated heterocycles. The van der Waals surface area contributed by atoms with E-state index in [4.69, 9.17) is 5.73 Å². The van der Waals surface area contributed by atoms with E-state index >= 15 is 0 Å². The summed E-state index contributed by atoms with van der Waals surface area (Å²) in [4.78, 5) is 8.08. The maximum Gasteiger partial charge on any atom is 0.0685 e. The molecule has 1 aromatic heterocycles. The maximum atomic E-state index is 5.34. The number of aromatic nitrogens is 2. The molecule has 2 N–H and O–H groups in total. The first-order valence-electron chi connectivity index (χ1n) is 3.46. The van der Waals surface area contributed by atoms with E-state index in [1.165, 1.54) is 0 Å². The van der Waals surface area contributed by atoms with E-state index in [0.717, 1.165) is 23.7 Å². The number of hydrogen-bond donors (Lipinski definition) is 1. The molecule has 0 aromatic carbocycles. The molecule has 0 unspecified atom stereocenters. The van der Waals surface area contributed by atoms with Gasteiger partial charge in [-0.3, -0.25) is 9.97 Å². The second kappa shape index (κ2) is 5.09. The lowest BCUT2D eigenvalue weighted by Gasteiger charge is -1.96.